The normalized spacial score (nSPS) is 12.0. The molecular weight excluding hydrogens is 340 g/mol. The van der Waals surface area contributed by atoms with E-state index in [2.05, 4.69) is 0 Å². The van der Waals surface area contributed by atoms with Crippen LogP contribution in [0.2, 0.25) is 0 Å². The molecule has 26 heavy (non-hydrogen) atoms. The molecule has 0 heterocycles. The predicted molar refractivity (Wildman–Crippen MR) is 92.8 cm³/mol. The summed E-state index contributed by atoms with van der Waals surface area (Å²) in [6.45, 7) is 1.28. The van der Waals surface area contributed by atoms with E-state index in [1.54, 1.807) is 0 Å². The van der Waals surface area contributed by atoms with E-state index >= 15 is 0 Å². The Balaban J connectivity index is 2.05. The standard InChI is InChI=1S/C19H18O7/c1-11(20)18(10-13-3-6-15(22)17(24)9-13)26-19(25)7-4-12-2-5-14(21)16(23)8-12/h2-9,18,21-24H,10H2,1H3/b7-4+/t18-/m0/s1. The highest BCUT2D eigenvalue weighted by Crippen LogP contribution is 2.26. The molecule has 2 aromatic rings. The molecule has 7 nitrogen and oxygen atoms in total. The van der Waals surface area contributed by atoms with Crippen molar-refractivity contribution < 1.29 is 34.8 Å². The lowest BCUT2D eigenvalue weighted by atomic mass is 10.0. The Labute approximate surface area is 149 Å². The number of carbonyl (C=O) groups excluding carboxylic acids is 2. The van der Waals surface area contributed by atoms with Gasteiger partial charge in [-0.05, 0) is 48.4 Å². The molecule has 7 heteroatoms. The van der Waals surface area contributed by atoms with Gasteiger partial charge in [-0.1, -0.05) is 12.1 Å². The number of Topliss-reactive ketones (excluding diaryl/α,β-unsaturated/α-hetero) is 1. The molecule has 0 aliphatic carbocycles. The Morgan fingerprint density at radius 3 is 2.15 bits per heavy atom. The van der Waals surface area contributed by atoms with E-state index < -0.39 is 12.1 Å². The van der Waals surface area contributed by atoms with Crippen LogP contribution < -0.4 is 0 Å². The van der Waals surface area contributed by atoms with Gasteiger partial charge in [0.2, 0.25) is 0 Å². The molecule has 0 radical (unpaired) electrons. The molecule has 0 aliphatic heterocycles. The molecule has 4 N–H and O–H groups in total. The molecule has 136 valence electrons. The first kappa shape index (κ1) is 18.9. The maximum atomic E-state index is 11.9. The fraction of sp³-hybridized carbons (Fsp3) is 0.158. The molecule has 2 rings (SSSR count). The van der Waals surface area contributed by atoms with Gasteiger partial charge in [0.25, 0.3) is 0 Å². The van der Waals surface area contributed by atoms with Crippen LogP contribution in [0, 0.1) is 0 Å². The first-order chi connectivity index (χ1) is 12.3. The lowest BCUT2D eigenvalue weighted by Gasteiger charge is -2.14. The smallest absolute Gasteiger partial charge is 0.331 e. The Kier molecular flexibility index (Phi) is 5.85. The molecule has 2 aromatic carbocycles. The summed E-state index contributed by atoms with van der Waals surface area (Å²) in [4.78, 5) is 23.6. The Hall–Kier alpha value is -3.48. The van der Waals surface area contributed by atoms with Crippen LogP contribution in [0.4, 0.5) is 0 Å². The Morgan fingerprint density at radius 1 is 0.962 bits per heavy atom. The largest absolute Gasteiger partial charge is 0.504 e. The van der Waals surface area contributed by atoms with Gasteiger partial charge in [-0.15, -0.1) is 0 Å². The molecule has 0 bridgehead atoms. The topological polar surface area (TPSA) is 124 Å². The van der Waals surface area contributed by atoms with Crippen LogP contribution in [-0.4, -0.2) is 38.3 Å². The van der Waals surface area contributed by atoms with Gasteiger partial charge in [-0.2, -0.15) is 0 Å². The van der Waals surface area contributed by atoms with Crippen molar-refractivity contribution in [2.45, 2.75) is 19.4 Å². The molecule has 0 aliphatic rings. The summed E-state index contributed by atoms with van der Waals surface area (Å²) in [6.07, 6.45) is 1.45. The van der Waals surface area contributed by atoms with Gasteiger partial charge >= 0.3 is 5.97 Å². The zero-order chi connectivity index (χ0) is 19.3. The molecule has 0 saturated heterocycles. The number of phenolic OH excluding ortho intramolecular Hbond substituents is 4. The lowest BCUT2D eigenvalue weighted by molar-refractivity contribution is -0.149. The van der Waals surface area contributed by atoms with Crippen molar-refractivity contribution in [2.24, 2.45) is 0 Å². The third kappa shape index (κ3) is 5.01. The van der Waals surface area contributed by atoms with Crippen molar-refractivity contribution >= 4 is 17.8 Å². The number of hydrogen-bond acceptors (Lipinski definition) is 7. The SMILES string of the molecule is CC(=O)[C@H](Cc1ccc(O)c(O)c1)OC(=O)/C=C/c1ccc(O)c(O)c1. The number of ether oxygens (including phenoxy) is 1. The van der Waals surface area contributed by atoms with E-state index in [4.69, 9.17) is 4.74 Å². The number of carbonyl (C=O) groups is 2. The summed E-state index contributed by atoms with van der Waals surface area (Å²) in [5.74, 6) is -2.36. The minimum Gasteiger partial charge on any atom is -0.504 e. The minimum atomic E-state index is -1.05. The van der Waals surface area contributed by atoms with E-state index in [1.807, 2.05) is 0 Å². The van der Waals surface area contributed by atoms with Crippen molar-refractivity contribution in [1.82, 2.24) is 0 Å². The number of esters is 1. The molecular formula is C19H18O7. The van der Waals surface area contributed by atoms with E-state index in [0.29, 0.717) is 11.1 Å². The van der Waals surface area contributed by atoms with E-state index in [-0.39, 0.29) is 35.2 Å². The third-order valence-electron chi connectivity index (χ3n) is 3.58. The molecule has 0 unspecified atom stereocenters. The van der Waals surface area contributed by atoms with Crippen LogP contribution in [0.25, 0.3) is 6.08 Å². The summed E-state index contributed by atoms with van der Waals surface area (Å²) < 4.78 is 5.13. The summed E-state index contributed by atoms with van der Waals surface area (Å²) >= 11 is 0. The Morgan fingerprint density at radius 2 is 1.58 bits per heavy atom. The second-order valence-electron chi connectivity index (χ2n) is 5.64. The fourth-order valence-corrected chi connectivity index (χ4v) is 2.17. The maximum Gasteiger partial charge on any atom is 0.331 e. The monoisotopic (exact) mass is 358 g/mol. The number of ketones is 1. The van der Waals surface area contributed by atoms with Crippen LogP contribution >= 0.6 is 0 Å². The molecule has 0 fully saturated rings. The highest BCUT2D eigenvalue weighted by molar-refractivity contribution is 5.90. The van der Waals surface area contributed by atoms with Gasteiger partial charge in [-0.3, -0.25) is 4.79 Å². The molecule has 0 spiro atoms. The highest BCUT2D eigenvalue weighted by atomic mass is 16.5. The summed E-state index contributed by atoms with van der Waals surface area (Å²) in [6, 6.07) is 8.10. The van der Waals surface area contributed by atoms with Crippen molar-refractivity contribution in [2.75, 3.05) is 0 Å². The number of benzene rings is 2. The zero-order valence-electron chi connectivity index (χ0n) is 13.9. The van der Waals surface area contributed by atoms with Crippen LogP contribution in [0.5, 0.6) is 23.0 Å². The molecule has 0 saturated carbocycles. The average molecular weight is 358 g/mol. The first-order valence-corrected chi connectivity index (χ1v) is 7.68. The van der Waals surface area contributed by atoms with Gasteiger partial charge in [0.15, 0.2) is 34.9 Å². The van der Waals surface area contributed by atoms with Gasteiger partial charge in [-0.25, -0.2) is 4.79 Å². The van der Waals surface area contributed by atoms with Crippen molar-refractivity contribution in [1.29, 1.82) is 0 Å². The maximum absolute atomic E-state index is 11.9. The van der Waals surface area contributed by atoms with Gasteiger partial charge in [0.05, 0.1) is 0 Å². The van der Waals surface area contributed by atoms with E-state index in [1.165, 1.54) is 49.4 Å². The summed E-state index contributed by atoms with van der Waals surface area (Å²) in [5, 5.41) is 37.4. The fourth-order valence-electron chi connectivity index (χ4n) is 2.17. The van der Waals surface area contributed by atoms with Crippen LogP contribution in [0.15, 0.2) is 42.5 Å². The minimum absolute atomic E-state index is 0.0444. The first-order valence-electron chi connectivity index (χ1n) is 7.68. The number of aromatic hydroxyl groups is 4. The number of phenols is 4. The summed E-state index contributed by atoms with van der Waals surface area (Å²) in [7, 11) is 0. The van der Waals surface area contributed by atoms with E-state index in [9.17, 15) is 30.0 Å². The van der Waals surface area contributed by atoms with Gasteiger partial charge in [0, 0.05) is 12.5 Å². The van der Waals surface area contributed by atoms with Crippen LogP contribution in [0.3, 0.4) is 0 Å². The van der Waals surface area contributed by atoms with Crippen molar-refractivity contribution in [3.05, 3.63) is 53.6 Å². The average Bonchev–Trinajstić information content (AvgIpc) is 2.58. The second-order valence-corrected chi connectivity index (χ2v) is 5.64. The lowest BCUT2D eigenvalue weighted by Crippen LogP contribution is -2.26. The number of hydrogen-bond donors (Lipinski definition) is 4. The summed E-state index contributed by atoms with van der Waals surface area (Å²) in [5.41, 5.74) is 0.973. The van der Waals surface area contributed by atoms with Crippen molar-refractivity contribution in [3.8, 4) is 23.0 Å². The molecule has 1 atom stereocenters. The van der Waals surface area contributed by atoms with E-state index in [0.717, 1.165) is 6.08 Å². The predicted octanol–water partition coefficient (Wildman–Crippen LogP) is 2.27. The van der Waals surface area contributed by atoms with Crippen LogP contribution in [-0.2, 0) is 20.7 Å². The Bertz CT molecular complexity index is 855. The third-order valence-corrected chi connectivity index (χ3v) is 3.58. The molecule has 0 aromatic heterocycles. The van der Waals surface area contributed by atoms with Crippen LogP contribution in [0.1, 0.15) is 18.1 Å². The zero-order valence-corrected chi connectivity index (χ0v) is 13.9. The van der Waals surface area contributed by atoms with Gasteiger partial charge in [0.1, 0.15) is 0 Å². The quantitative estimate of drug-likeness (QED) is 0.355. The highest BCUT2D eigenvalue weighted by Gasteiger charge is 2.19. The molecule has 0 amide bonds. The number of rotatable bonds is 6. The van der Waals surface area contributed by atoms with Gasteiger partial charge < -0.3 is 25.2 Å². The van der Waals surface area contributed by atoms with Crippen molar-refractivity contribution in [3.63, 3.8) is 0 Å². The second kappa shape index (κ2) is 8.06.